The molecule has 0 spiro atoms. The summed E-state index contributed by atoms with van der Waals surface area (Å²) in [5, 5.41) is 3.72. The summed E-state index contributed by atoms with van der Waals surface area (Å²) in [5.74, 6) is -1.51. The smallest absolute Gasteiger partial charge is 0.339 e. The SMILES string of the molecule is CCc1nc2ccccc2c(C(=O)OCC(=O)N(C)CC(=O)Nc2ccccc2Cl)c1C. The van der Waals surface area contributed by atoms with Gasteiger partial charge in [0.25, 0.3) is 5.91 Å². The molecule has 0 aliphatic heterocycles. The van der Waals surface area contributed by atoms with Crippen LogP contribution in [0.5, 0.6) is 0 Å². The number of fused-ring (bicyclic) bond motifs is 1. The summed E-state index contributed by atoms with van der Waals surface area (Å²) < 4.78 is 5.31. The van der Waals surface area contributed by atoms with Crippen LogP contribution < -0.4 is 5.32 Å². The number of benzene rings is 2. The predicted molar refractivity (Wildman–Crippen MR) is 124 cm³/mol. The minimum atomic E-state index is -0.599. The van der Waals surface area contributed by atoms with Gasteiger partial charge in [-0.05, 0) is 37.1 Å². The fraction of sp³-hybridized carbons (Fsp3) is 0.250. The molecule has 0 atom stereocenters. The van der Waals surface area contributed by atoms with E-state index in [4.69, 9.17) is 16.3 Å². The van der Waals surface area contributed by atoms with Crippen molar-refractivity contribution in [3.8, 4) is 0 Å². The standard InChI is InChI=1S/C24H24ClN3O4/c1-4-18-15(2)23(16-9-5-7-11-19(16)26-18)24(31)32-14-22(30)28(3)13-21(29)27-20-12-8-6-10-17(20)25/h5-12H,4,13-14H2,1-3H3,(H,27,29). The van der Waals surface area contributed by atoms with Crippen LogP contribution in [0.1, 0.15) is 28.5 Å². The van der Waals surface area contributed by atoms with E-state index in [9.17, 15) is 14.4 Å². The van der Waals surface area contributed by atoms with Gasteiger partial charge in [-0.1, -0.05) is 48.9 Å². The number of esters is 1. The number of pyridine rings is 1. The highest BCUT2D eigenvalue weighted by Gasteiger charge is 2.21. The fourth-order valence-corrected chi connectivity index (χ4v) is 3.51. The van der Waals surface area contributed by atoms with E-state index in [1.807, 2.05) is 32.0 Å². The molecule has 0 aliphatic rings. The maximum absolute atomic E-state index is 12.9. The molecule has 0 aliphatic carbocycles. The Bertz CT molecular complexity index is 1180. The lowest BCUT2D eigenvalue weighted by molar-refractivity contribution is -0.136. The van der Waals surface area contributed by atoms with E-state index in [-0.39, 0.29) is 6.54 Å². The molecule has 0 bridgehead atoms. The molecule has 0 unspecified atom stereocenters. The Morgan fingerprint density at radius 3 is 2.50 bits per heavy atom. The normalized spacial score (nSPS) is 10.6. The quantitative estimate of drug-likeness (QED) is 0.546. The molecule has 32 heavy (non-hydrogen) atoms. The summed E-state index contributed by atoms with van der Waals surface area (Å²) in [5.41, 5.74) is 3.09. The molecule has 8 heteroatoms. The summed E-state index contributed by atoms with van der Waals surface area (Å²) in [6.07, 6.45) is 0.666. The van der Waals surface area contributed by atoms with Gasteiger partial charge in [0.05, 0.1) is 28.3 Å². The van der Waals surface area contributed by atoms with Crippen molar-refractivity contribution in [1.29, 1.82) is 0 Å². The van der Waals surface area contributed by atoms with Gasteiger partial charge in [-0.2, -0.15) is 0 Å². The highest BCUT2D eigenvalue weighted by atomic mass is 35.5. The summed E-state index contributed by atoms with van der Waals surface area (Å²) in [4.78, 5) is 43.3. The van der Waals surface area contributed by atoms with Crippen molar-refractivity contribution in [2.45, 2.75) is 20.3 Å². The zero-order valence-electron chi connectivity index (χ0n) is 18.1. The molecular formula is C24H24ClN3O4. The van der Waals surface area contributed by atoms with Crippen molar-refractivity contribution in [3.05, 3.63) is 70.4 Å². The van der Waals surface area contributed by atoms with Crippen LogP contribution in [-0.2, 0) is 20.7 Å². The van der Waals surface area contributed by atoms with Crippen LogP contribution in [0.4, 0.5) is 5.69 Å². The van der Waals surface area contributed by atoms with Crippen LogP contribution in [-0.4, -0.2) is 47.9 Å². The van der Waals surface area contributed by atoms with E-state index in [1.165, 1.54) is 11.9 Å². The first kappa shape index (κ1) is 23.2. The van der Waals surface area contributed by atoms with Gasteiger partial charge in [0.1, 0.15) is 0 Å². The van der Waals surface area contributed by atoms with Crippen LogP contribution in [0, 0.1) is 6.92 Å². The summed E-state index contributed by atoms with van der Waals surface area (Å²) in [6.45, 7) is 3.10. The first-order chi connectivity index (χ1) is 15.3. The number of ether oxygens (including phenoxy) is 1. The summed E-state index contributed by atoms with van der Waals surface area (Å²) in [7, 11) is 1.46. The Hall–Kier alpha value is -3.45. The van der Waals surface area contributed by atoms with E-state index in [1.54, 1.807) is 30.3 Å². The van der Waals surface area contributed by atoms with E-state index < -0.39 is 24.4 Å². The number of aryl methyl sites for hydroxylation is 1. The lowest BCUT2D eigenvalue weighted by atomic mass is 10.0. The van der Waals surface area contributed by atoms with Crippen LogP contribution >= 0.6 is 11.6 Å². The maximum atomic E-state index is 12.9. The second-order valence-corrected chi connectivity index (χ2v) is 7.69. The average molecular weight is 454 g/mol. The van der Waals surface area contributed by atoms with Gasteiger partial charge in [-0.15, -0.1) is 0 Å². The minimum Gasteiger partial charge on any atom is -0.452 e. The fourth-order valence-electron chi connectivity index (χ4n) is 3.33. The number of likely N-dealkylation sites (N-methyl/N-ethyl adjacent to an activating group) is 1. The van der Waals surface area contributed by atoms with Crippen LogP contribution in [0.3, 0.4) is 0 Å². The summed E-state index contributed by atoms with van der Waals surface area (Å²) in [6, 6.07) is 14.1. The van der Waals surface area contributed by atoms with Crippen molar-refractivity contribution >= 4 is 46.0 Å². The molecule has 2 amide bonds. The number of rotatable bonds is 7. The molecule has 166 valence electrons. The number of hydrogen-bond donors (Lipinski definition) is 1. The highest BCUT2D eigenvalue weighted by Crippen LogP contribution is 2.24. The molecule has 0 saturated heterocycles. The number of halogens is 1. The molecule has 1 N–H and O–H groups in total. The van der Waals surface area contributed by atoms with Crippen molar-refractivity contribution in [3.63, 3.8) is 0 Å². The topological polar surface area (TPSA) is 88.6 Å². The van der Waals surface area contributed by atoms with Gasteiger partial charge in [-0.3, -0.25) is 14.6 Å². The number of hydrogen-bond acceptors (Lipinski definition) is 5. The van der Waals surface area contributed by atoms with Crippen LogP contribution in [0.25, 0.3) is 10.9 Å². The number of aromatic nitrogens is 1. The lowest BCUT2D eigenvalue weighted by Gasteiger charge is -2.18. The number of carbonyl (C=O) groups excluding carboxylic acids is 3. The second-order valence-electron chi connectivity index (χ2n) is 7.28. The zero-order chi connectivity index (χ0) is 23.3. The Balaban J connectivity index is 1.65. The molecular weight excluding hydrogens is 430 g/mol. The Kier molecular flexibility index (Phi) is 7.43. The van der Waals surface area contributed by atoms with Gasteiger partial charge >= 0.3 is 5.97 Å². The molecule has 7 nitrogen and oxygen atoms in total. The van der Waals surface area contributed by atoms with Crippen LogP contribution in [0.2, 0.25) is 5.02 Å². The van der Waals surface area contributed by atoms with Gasteiger partial charge in [-0.25, -0.2) is 4.79 Å². The Morgan fingerprint density at radius 2 is 1.78 bits per heavy atom. The van der Waals surface area contributed by atoms with Gasteiger partial charge < -0.3 is 15.0 Å². The monoisotopic (exact) mass is 453 g/mol. The van der Waals surface area contributed by atoms with Crippen molar-refractivity contribution in [1.82, 2.24) is 9.88 Å². The van der Waals surface area contributed by atoms with Crippen LogP contribution in [0.15, 0.2) is 48.5 Å². The number of para-hydroxylation sites is 2. The van der Waals surface area contributed by atoms with Crippen molar-refractivity contribution in [2.75, 3.05) is 25.5 Å². The molecule has 2 aromatic carbocycles. The maximum Gasteiger partial charge on any atom is 0.339 e. The molecule has 1 aromatic heterocycles. The molecule has 0 fully saturated rings. The van der Waals surface area contributed by atoms with Crippen molar-refractivity contribution in [2.24, 2.45) is 0 Å². The molecule has 3 rings (SSSR count). The van der Waals surface area contributed by atoms with Gasteiger partial charge in [0.15, 0.2) is 6.61 Å². The average Bonchev–Trinajstić information content (AvgIpc) is 2.78. The second kappa shape index (κ2) is 10.2. The molecule has 0 radical (unpaired) electrons. The number of carbonyl (C=O) groups is 3. The lowest BCUT2D eigenvalue weighted by Crippen LogP contribution is -2.37. The van der Waals surface area contributed by atoms with E-state index in [0.29, 0.717) is 33.6 Å². The number of nitrogens with one attached hydrogen (secondary N) is 1. The first-order valence-electron chi connectivity index (χ1n) is 10.2. The van der Waals surface area contributed by atoms with Gasteiger partial charge in [0.2, 0.25) is 5.91 Å². The van der Waals surface area contributed by atoms with E-state index in [0.717, 1.165) is 11.3 Å². The Morgan fingerprint density at radius 1 is 1.09 bits per heavy atom. The minimum absolute atomic E-state index is 0.210. The molecule has 0 saturated carbocycles. The predicted octanol–water partition coefficient (Wildman–Crippen LogP) is 4.01. The molecule has 1 heterocycles. The number of amides is 2. The highest BCUT2D eigenvalue weighted by molar-refractivity contribution is 6.33. The van der Waals surface area contributed by atoms with Crippen molar-refractivity contribution < 1.29 is 19.1 Å². The third-order valence-corrected chi connectivity index (χ3v) is 5.39. The van der Waals surface area contributed by atoms with E-state index in [2.05, 4.69) is 10.3 Å². The zero-order valence-corrected chi connectivity index (χ0v) is 18.9. The third kappa shape index (κ3) is 5.23. The third-order valence-electron chi connectivity index (χ3n) is 5.06. The van der Waals surface area contributed by atoms with E-state index >= 15 is 0 Å². The number of anilines is 1. The summed E-state index contributed by atoms with van der Waals surface area (Å²) >= 11 is 6.03. The first-order valence-corrected chi connectivity index (χ1v) is 10.5. The largest absolute Gasteiger partial charge is 0.452 e. The molecule has 3 aromatic rings. The van der Waals surface area contributed by atoms with Gasteiger partial charge in [0, 0.05) is 18.1 Å². The Labute approximate surface area is 191 Å². The number of nitrogens with zero attached hydrogens (tertiary/aromatic N) is 2.